The number of aromatic nitrogens is 2. The number of rotatable bonds is 8. The van der Waals surface area contributed by atoms with Crippen molar-refractivity contribution in [2.24, 2.45) is 17.1 Å². The molecule has 242 valence electrons. The van der Waals surface area contributed by atoms with Crippen LogP contribution >= 0.6 is 0 Å². The van der Waals surface area contributed by atoms with Crippen molar-refractivity contribution in [1.82, 2.24) is 14.7 Å². The number of aryl methyl sites for hydroxylation is 1. The molecule has 3 atom stereocenters. The number of halogens is 1. The summed E-state index contributed by atoms with van der Waals surface area (Å²) in [6.45, 7) is 16.0. The van der Waals surface area contributed by atoms with Crippen molar-refractivity contribution in [3.63, 3.8) is 0 Å². The van der Waals surface area contributed by atoms with Crippen LogP contribution in [0, 0.1) is 17.2 Å². The van der Waals surface area contributed by atoms with Gasteiger partial charge in [0, 0.05) is 31.1 Å². The van der Waals surface area contributed by atoms with Gasteiger partial charge in [0.15, 0.2) is 0 Å². The van der Waals surface area contributed by atoms with Crippen LogP contribution < -0.4 is 5.73 Å². The minimum atomic E-state index is -0.942. The van der Waals surface area contributed by atoms with Gasteiger partial charge in [0.2, 0.25) is 0 Å². The molecule has 0 amide bonds. The fourth-order valence-corrected chi connectivity index (χ4v) is 6.50. The average Bonchev–Trinajstić information content (AvgIpc) is 3.65. The standard InChI is InChI=1S/C29H36FN3.C6H13NO2.C2H6/c1-2-33-29(20-27(31-33)18-22-8-4-3-5-9-22)23-14-16-32(17-15-23)21-25-11-7-13-28(25)24-10-6-12-26(30)19-24;1-6(2,3)4(7)5(8)9;1-2/h3-6,8-10,12,19-20,23,25,28H,2,7,11,13-18,21H2,1H3;4H,7H2,1-3H3,(H,8,9);1-2H3/t25?,28-;;/m1../s1. The quantitative estimate of drug-likeness (QED) is 0.273. The van der Waals surface area contributed by atoms with Crippen LogP contribution in [-0.4, -0.2) is 51.4 Å². The lowest BCUT2D eigenvalue weighted by molar-refractivity contribution is -0.141. The molecule has 1 saturated heterocycles. The molecule has 0 bridgehead atoms. The van der Waals surface area contributed by atoms with Gasteiger partial charge in [0.05, 0.1) is 5.69 Å². The molecule has 1 saturated carbocycles. The summed E-state index contributed by atoms with van der Waals surface area (Å²) < 4.78 is 16.0. The van der Waals surface area contributed by atoms with Gasteiger partial charge in [0.25, 0.3) is 0 Å². The van der Waals surface area contributed by atoms with E-state index in [2.05, 4.69) is 59.0 Å². The molecule has 1 aliphatic carbocycles. The summed E-state index contributed by atoms with van der Waals surface area (Å²) >= 11 is 0. The van der Waals surface area contributed by atoms with Crippen LogP contribution in [0.3, 0.4) is 0 Å². The van der Waals surface area contributed by atoms with E-state index in [-0.39, 0.29) is 11.2 Å². The van der Waals surface area contributed by atoms with Crippen molar-refractivity contribution in [2.45, 2.75) is 104 Å². The van der Waals surface area contributed by atoms with E-state index in [1.807, 2.05) is 19.9 Å². The predicted octanol–water partition coefficient (Wildman–Crippen LogP) is 7.87. The van der Waals surface area contributed by atoms with Crippen LogP contribution in [0.2, 0.25) is 0 Å². The first-order valence-corrected chi connectivity index (χ1v) is 16.6. The Kier molecular flexibility index (Phi) is 13.6. The number of likely N-dealkylation sites (tertiary alicyclic amines) is 1. The second-order valence-corrected chi connectivity index (χ2v) is 13.1. The van der Waals surface area contributed by atoms with Crippen LogP contribution in [0.5, 0.6) is 0 Å². The molecule has 0 spiro atoms. The fraction of sp³-hybridized carbons (Fsp3) is 0.568. The number of hydrogen-bond acceptors (Lipinski definition) is 4. The number of benzene rings is 2. The van der Waals surface area contributed by atoms with Crippen LogP contribution in [0.1, 0.15) is 108 Å². The Hall–Kier alpha value is -3.03. The van der Waals surface area contributed by atoms with Crippen molar-refractivity contribution < 1.29 is 14.3 Å². The molecule has 0 radical (unpaired) electrons. The number of hydrogen-bond donors (Lipinski definition) is 2. The molecular weight excluding hydrogens is 551 g/mol. The summed E-state index contributed by atoms with van der Waals surface area (Å²) in [5, 5.41) is 13.3. The Bertz CT molecular complexity index is 1280. The first-order valence-electron chi connectivity index (χ1n) is 16.6. The van der Waals surface area contributed by atoms with Gasteiger partial charge in [-0.05, 0) is 92.3 Å². The molecule has 2 unspecified atom stereocenters. The molecule has 3 N–H and O–H groups in total. The zero-order valence-electron chi connectivity index (χ0n) is 27.8. The zero-order chi connectivity index (χ0) is 32.3. The molecule has 2 aliphatic rings. The highest BCUT2D eigenvalue weighted by Gasteiger charge is 2.32. The summed E-state index contributed by atoms with van der Waals surface area (Å²) in [5.74, 6) is 0.726. The molecule has 7 heteroatoms. The highest BCUT2D eigenvalue weighted by molar-refractivity contribution is 5.74. The van der Waals surface area contributed by atoms with Crippen molar-refractivity contribution in [1.29, 1.82) is 0 Å². The average molecular weight is 607 g/mol. The van der Waals surface area contributed by atoms with Gasteiger partial charge in [-0.2, -0.15) is 5.10 Å². The Labute approximate surface area is 264 Å². The number of nitrogens with zero attached hydrogens (tertiary/aromatic N) is 3. The number of nitrogens with two attached hydrogens (primary N) is 1. The molecule has 44 heavy (non-hydrogen) atoms. The monoisotopic (exact) mass is 606 g/mol. The zero-order valence-corrected chi connectivity index (χ0v) is 27.8. The van der Waals surface area contributed by atoms with Gasteiger partial charge in [-0.15, -0.1) is 0 Å². The molecule has 3 aromatic rings. The molecule has 2 heterocycles. The van der Waals surface area contributed by atoms with Gasteiger partial charge in [-0.25, -0.2) is 4.39 Å². The van der Waals surface area contributed by atoms with Crippen LogP contribution in [-0.2, 0) is 17.8 Å². The molecule has 5 rings (SSSR count). The largest absolute Gasteiger partial charge is 0.480 e. The maximum Gasteiger partial charge on any atom is 0.321 e. The van der Waals surface area contributed by atoms with Gasteiger partial charge >= 0.3 is 5.97 Å². The Morgan fingerprint density at radius 2 is 1.70 bits per heavy atom. The summed E-state index contributed by atoms with van der Waals surface area (Å²) in [7, 11) is 0. The molecule has 6 nitrogen and oxygen atoms in total. The molecule has 2 fully saturated rings. The highest BCUT2D eigenvalue weighted by Crippen LogP contribution is 2.41. The van der Waals surface area contributed by atoms with E-state index in [1.54, 1.807) is 32.9 Å². The van der Waals surface area contributed by atoms with Crippen molar-refractivity contribution in [3.8, 4) is 0 Å². The summed E-state index contributed by atoms with van der Waals surface area (Å²) in [5.41, 5.74) is 10.1. The SMILES string of the molecule is CC.CC(C)(C)C(N)C(=O)O.CCn1nc(Cc2ccccc2)cc1C1CCN(CC2CCC[C@@H]2c2cccc(F)c2)CC1. The number of aliphatic carboxylic acids is 1. The Morgan fingerprint density at radius 3 is 2.27 bits per heavy atom. The van der Waals surface area contributed by atoms with Crippen LogP contribution in [0.25, 0.3) is 0 Å². The number of carboxylic acid groups (broad SMARTS) is 1. The molecule has 1 aliphatic heterocycles. The van der Waals surface area contributed by atoms with E-state index in [0.717, 1.165) is 32.6 Å². The molecular formula is C37H55FN4O2. The number of carbonyl (C=O) groups is 1. The number of piperidine rings is 1. The van der Waals surface area contributed by atoms with Crippen LogP contribution in [0.15, 0.2) is 60.7 Å². The minimum Gasteiger partial charge on any atom is -0.480 e. The second kappa shape index (κ2) is 16.9. The Morgan fingerprint density at radius 1 is 1.02 bits per heavy atom. The van der Waals surface area contributed by atoms with E-state index in [1.165, 1.54) is 54.6 Å². The van der Waals surface area contributed by atoms with Crippen molar-refractivity contribution in [2.75, 3.05) is 19.6 Å². The van der Waals surface area contributed by atoms with Gasteiger partial charge in [-0.1, -0.05) is 83.5 Å². The fourth-order valence-electron chi connectivity index (χ4n) is 6.50. The second-order valence-electron chi connectivity index (χ2n) is 13.1. The lowest BCUT2D eigenvalue weighted by Gasteiger charge is -2.35. The minimum absolute atomic E-state index is 0.0990. The first-order chi connectivity index (χ1) is 21.0. The normalized spacial score (nSPS) is 19.8. The third kappa shape index (κ3) is 10.00. The summed E-state index contributed by atoms with van der Waals surface area (Å²) in [6, 6.07) is 19.5. The third-order valence-corrected chi connectivity index (χ3v) is 9.02. The smallest absolute Gasteiger partial charge is 0.321 e. The van der Waals surface area contributed by atoms with E-state index < -0.39 is 12.0 Å². The highest BCUT2D eigenvalue weighted by atomic mass is 19.1. The van der Waals surface area contributed by atoms with Crippen molar-refractivity contribution in [3.05, 3.63) is 89.0 Å². The topological polar surface area (TPSA) is 84.4 Å². The third-order valence-electron chi connectivity index (χ3n) is 9.02. The maximum absolute atomic E-state index is 13.8. The molecule has 2 aromatic carbocycles. The Balaban J connectivity index is 0.000000416. The van der Waals surface area contributed by atoms with Gasteiger partial charge in [0.1, 0.15) is 11.9 Å². The maximum atomic E-state index is 13.8. The summed E-state index contributed by atoms with van der Waals surface area (Å²) in [4.78, 5) is 12.9. The van der Waals surface area contributed by atoms with Gasteiger partial charge in [-0.3, -0.25) is 9.48 Å². The number of carboxylic acids is 1. The summed E-state index contributed by atoms with van der Waals surface area (Å²) in [6.07, 6.45) is 7.05. The van der Waals surface area contributed by atoms with E-state index in [0.29, 0.717) is 17.8 Å². The van der Waals surface area contributed by atoms with Gasteiger partial charge < -0.3 is 15.7 Å². The van der Waals surface area contributed by atoms with Crippen molar-refractivity contribution >= 4 is 5.97 Å². The van der Waals surface area contributed by atoms with E-state index >= 15 is 0 Å². The lowest BCUT2D eigenvalue weighted by atomic mass is 9.87. The lowest BCUT2D eigenvalue weighted by Crippen LogP contribution is -2.41. The first kappa shape index (κ1) is 35.4. The predicted molar refractivity (Wildman–Crippen MR) is 178 cm³/mol. The van der Waals surface area contributed by atoms with E-state index in [4.69, 9.17) is 15.9 Å². The van der Waals surface area contributed by atoms with E-state index in [9.17, 15) is 9.18 Å². The molecule has 1 aromatic heterocycles. The van der Waals surface area contributed by atoms with Crippen LogP contribution in [0.4, 0.5) is 4.39 Å².